The van der Waals surface area contributed by atoms with Gasteiger partial charge >= 0.3 is 0 Å². The number of pyridine rings is 1. The predicted octanol–water partition coefficient (Wildman–Crippen LogP) is 1.93. The van der Waals surface area contributed by atoms with Crippen molar-refractivity contribution in [1.29, 1.82) is 0 Å². The van der Waals surface area contributed by atoms with Crippen LogP contribution in [-0.2, 0) is 6.42 Å². The second-order valence-corrected chi connectivity index (χ2v) is 5.11. The van der Waals surface area contributed by atoms with Gasteiger partial charge in [0.05, 0.1) is 0 Å². The van der Waals surface area contributed by atoms with Crippen molar-refractivity contribution in [2.24, 2.45) is 11.7 Å². The third kappa shape index (κ3) is 5.29. The maximum absolute atomic E-state index is 5.84. The zero-order valence-electron chi connectivity index (χ0n) is 11.3. The molecule has 1 unspecified atom stereocenters. The van der Waals surface area contributed by atoms with Crippen LogP contribution in [0.2, 0.25) is 0 Å². The first-order valence-corrected chi connectivity index (χ1v) is 6.42. The van der Waals surface area contributed by atoms with Gasteiger partial charge in [0.1, 0.15) is 0 Å². The monoisotopic (exact) mass is 235 g/mol. The summed E-state index contributed by atoms with van der Waals surface area (Å²) in [6.45, 7) is 6.29. The van der Waals surface area contributed by atoms with Crippen molar-refractivity contribution < 1.29 is 0 Å². The molecule has 3 heteroatoms. The molecule has 0 radical (unpaired) electrons. The second-order valence-electron chi connectivity index (χ2n) is 5.11. The smallest absolute Gasteiger partial charge is 0.0270 e. The summed E-state index contributed by atoms with van der Waals surface area (Å²) in [5, 5.41) is 0. The van der Waals surface area contributed by atoms with Gasteiger partial charge in [-0.2, -0.15) is 0 Å². The van der Waals surface area contributed by atoms with Crippen molar-refractivity contribution in [3.05, 3.63) is 30.1 Å². The molecule has 1 aromatic heterocycles. The third-order valence-corrected chi connectivity index (χ3v) is 3.14. The summed E-state index contributed by atoms with van der Waals surface area (Å²) in [7, 11) is 2.17. The van der Waals surface area contributed by atoms with Crippen LogP contribution < -0.4 is 5.73 Å². The molecule has 96 valence electrons. The van der Waals surface area contributed by atoms with Crippen molar-refractivity contribution in [2.45, 2.75) is 32.7 Å². The minimum absolute atomic E-state index is 0.497. The zero-order chi connectivity index (χ0) is 12.7. The standard InChI is InChI=1S/C14H25N3/c1-12(2)10-14(11-15)17(3)9-6-13-4-7-16-8-5-13/h4-5,7-8,12,14H,6,9-11,15H2,1-3H3. The number of hydrogen-bond donors (Lipinski definition) is 1. The van der Waals surface area contributed by atoms with Crippen LogP contribution in [0.4, 0.5) is 0 Å². The molecule has 0 fully saturated rings. The first kappa shape index (κ1) is 14.1. The molecule has 17 heavy (non-hydrogen) atoms. The Balaban J connectivity index is 2.39. The van der Waals surface area contributed by atoms with Crippen molar-refractivity contribution in [1.82, 2.24) is 9.88 Å². The highest BCUT2D eigenvalue weighted by Gasteiger charge is 2.14. The Morgan fingerprint density at radius 2 is 1.94 bits per heavy atom. The van der Waals surface area contributed by atoms with E-state index in [0.717, 1.165) is 19.5 Å². The van der Waals surface area contributed by atoms with Crippen LogP contribution in [0.25, 0.3) is 0 Å². The fraction of sp³-hybridized carbons (Fsp3) is 0.643. The summed E-state index contributed by atoms with van der Waals surface area (Å²) < 4.78 is 0. The molecule has 0 spiro atoms. The van der Waals surface area contributed by atoms with Crippen LogP contribution >= 0.6 is 0 Å². The first-order valence-electron chi connectivity index (χ1n) is 6.42. The average molecular weight is 235 g/mol. The Morgan fingerprint density at radius 1 is 1.29 bits per heavy atom. The van der Waals surface area contributed by atoms with Gasteiger partial charge in [-0.1, -0.05) is 13.8 Å². The summed E-state index contributed by atoms with van der Waals surface area (Å²) in [4.78, 5) is 6.40. The van der Waals surface area contributed by atoms with Crippen molar-refractivity contribution >= 4 is 0 Å². The second kappa shape index (κ2) is 7.41. The lowest BCUT2D eigenvalue weighted by Crippen LogP contribution is -2.39. The van der Waals surface area contributed by atoms with Crippen molar-refractivity contribution in [2.75, 3.05) is 20.1 Å². The van der Waals surface area contributed by atoms with E-state index in [0.29, 0.717) is 12.0 Å². The molecule has 1 aromatic rings. The van der Waals surface area contributed by atoms with Gasteiger partial charge in [0.25, 0.3) is 0 Å². The van der Waals surface area contributed by atoms with Gasteiger partial charge in [0.2, 0.25) is 0 Å². The summed E-state index contributed by atoms with van der Waals surface area (Å²) in [5.41, 5.74) is 7.18. The topological polar surface area (TPSA) is 42.1 Å². The Hall–Kier alpha value is -0.930. The van der Waals surface area contributed by atoms with E-state index in [9.17, 15) is 0 Å². The number of hydrogen-bond acceptors (Lipinski definition) is 3. The third-order valence-electron chi connectivity index (χ3n) is 3.14. The Labute approximate surface area is 105 Å². The van der Waals surface area contributed by atoms with Crippen LogP contribution in [0.3, 0.4) is 0 Å². The molecule has 0 saturated carbocycles. The number of aromatic nitrogens is 1. The van der Waals surface area contributed by atoms with Gasteiger partial charge in [0, 0.05) is 31.5 Å². The molecule has 2 N–H and O–H groups in total. The maximum atomic E-state index is 5.84. The molecular weight excluding hydrogens is 210 g/mol. The van der Waals surface area contributed by atoms with Gasteiger partial charge in [-0.15, -0.1) is 0 Å². The highest BCUT2D eigenvalue weighted by Crippen LogP contribution is 2.10. The van der Waals surface area contributed by atoms with E-state index in [-0.39, 0.29) is 0 Å². The molecule has 0 bridgehead atoms. The normalized spacial score (nSPS) is 13.3. The molecule has 0 aromatic carbocycles. The zero-order valence-corrected chi connectivity index (χ0v) is 11.3. The average Bonchev–Trinajstić information content (AvgIpc) is 2.34. The van der Waals surface area contributed by atoms with Gasteiger partial charge in [0.15, 0.2) is 0 Å². The molecule has 3 nitrogen and oxygen atoms in total. The largest absolute Gasteiger partial charge is 0.329 e. The molecule has 0 amide bonds. The van der Waals surface area contributed by atoms with E-state index in [2.05, 4.69) is 42.9 Å². The van der Waals surface area contributed by atoms with Crippen LogP contribution in [0.5, 0.6) is 0 Å². The van der Waals surface area contributed by atoms with Gasteiger partial charge in [-0.05, 0) is 43.5 Å². The SMILES string of the molecule is CC(C)CC(CN)N(C)CCc1ccncc1. The van der Waals surface area contributed by atoms with Crippen molar-refractivity contribution in [3.8, 4) is 0 Å². The number of likely N-dealkylation sites (N-methyl/N-ethyl adjacent to an activating group) is 1. The summed E-state index contributed by atoms with van der Waals surface area (Å²) in [6.07, 6.45) is 5.94. The fourth-order valence-corrected chi connectivity index (χ4v) is 2.04. The summed E-state index contributed by atoms with van der Waals surface area (Å²) >= 11 is 0. The van der Waals surface area contributed by atoms with E-state index >= 15 is 0 Å². The van der Waals surface area contributed by atoms with E-state index in [1.807, 2.05) is 12.4 Å². The van der Waals surface area contributed by atoms with Gasteiger partial charge in [-0.25, -0.2) is 0 Å². The molecule has 1 rings (SSSR count). The number of rotatable bonds is 7. The van der Waals surface area contributed by atoms with Crippen LogP contribution in [-0.4, -0.2) is 36.1 Å². The lowest BCUT2D eigenvalue weighted by atomic mass is 10.0. The van der Waals surface area contributed by atoms with Crippen LogP contribution in [0.1, 0.15) is 25.8 Å². The Bertz CT molecular complexity index is 298. The summed E-state index contributed by atoms with van der Waals surface area (Å²) in [6, 6.07) is 4.65. The molecule has 0 saturated heterocycles. The van der Waals surface area contributed by atoms with Gasteiger partial charge in [-0.3, -0.25) is 4.98 Å². The molecule has 1 heterocycles. The predicted molar refractivity (Wildman–Crippen MR) is 72.9 cm³/mol. The van der Waals surface area contributed by atoms with E-state index in [1.165, 1.54) is 12.0 Å². The lowest BCUT2D eigenvalue weighted by Gasteiger charge is -2.28. The Morgan fingerprint density at radius 3 is 2.47 bits per heavy atom. The van der Waals surface area contributed by atoms with E-state index in [1.54, 1.807) is 0 Å². The highest BCUT2D eigenvalue weighted by molar-refractivity contribution is 5.09. The summed E-state index contributed by atoms with van der Waals surface area (Å²) in [5.74, 6) is 0.701. The first-order chi connectivity index (χ1) is 8.13. The van der Waals surface area contributed by atoms with Crippen LogP contribution in [0.15, 0.2) is 24.5 Å². The number of nitrogens with two attached hydrogens (primary N) is 1. The van der Waals surface area contributed by atoms with E-state index < -0.39 is 0 Å². The quantitative estimate of drug-likeness (QED) is 0.785. The van der Waals surface area contributed by atoms with E-state index in [4.69, 9.17) is 5.73 Å². The highest BCUT2D eigenvalue weighted by atomic mass is 15.1. The minimum Gasteiger partial charge on any atom is -0.329 e. The van der Waals surface area contributed by atoms with Crippen molar-refractivity contribution in [3.63, 3.8) is 0 Å². The fourth-order valence-electron chi connectivity index (χ4n) is 2.04. The molecule has 0 aliphatic rings. The molecule has 1 atom stereocenters. The Kier molecular flexibility index (Phi) is 6.16. The maximum Gasteiger partial charge on any atom is 0.0270 e. The minimum atomic E-state index is 0.497. The molecule has 0 aliphatic heterocycles. The molecule has 0 aliphatic carbocycles. The molecular formula is C14H25N3. The number of nitrogens with zero attached hydrogens (tertiary/aromatic N) is 2. The van der Waals surface area contributed by atoms with Gasteiger partial charge < -0.3 is 10.6 Å². The lowest BCUT2D eigenvalue weighted by molar-refractivity contribution is 0.220. The van der Waals surface area contributed by atoms with Crippen LogP contribution in [0, 0.1) is 5.92 Å².